The molecule has 0 spiro atoms. The minimum Gasteiger partial charge on any atom is -0.493 e. The highest BCUT2D eigenvalue weighted by Crippen LogP contribution is 2.31. The lowest BCUT2D eigenvalue weighted by Crippen LogP contribution is -1.85. The predicted octanol–water partition coefficient (Wildman–Crippen LogP) is 2.46. The molecule has 0 radical (unpaired) electrons. The van der Waals surface area contributed by atoms with E-state index in [9.17, 15) is 5.11 Å². The topological polar surface area (TPSA) is 66.2 Å². The van der Waals surface area contributed by atoms with E-state index in [1.165, 1.54) is 6.07 Å². The van der Waals surface area contributed by atoms with Crippen molar-refractivity contribution in [2.45, 2.75) is 0 Å². The zero-order valence-electron chi connectivity index (χ0n) is 6.70. The zero-order valence-corrected chi connectivity index (χ0v) is 9.04. The highest BCUT2D eigenvalue weighted by atomic mass is 79.9. The molecular weight excluding hydrogens is 271 g/mol. The molecule has 0 saturated carbocycles. The molecule has 6 heteroatoms. The second-order valence-corrected chi connectivity index (χ2v) is 3.89. The molecule has 2 N–H and O–H groups in total. The molecule has 0 fully saturated rings. The molecule has 0 aliphatic rings. The van der Waals surface area contributed by atoms with E-state index in [1.54, 1.807) is 6.07 Å². The van der Waals surface area contributed by atoms with E-state index < -0.39 is 6.01 Å². The lowest BCUT2D eigenvalue weighted by Gasteiger charge is -2.02. The molecule has 0 saturated heterocycles. The minimum atomic E-state index is -0.478. The van der Waals surface area contributed by atoms with E-state index in [0.29, 0.717) is 20.4 Å². The van der Waals surface area contributed by atoms with Crippen molar-refractivity contribution in [2.24, 2.45) is 0 Å². The lowest BCUT2D eigenvalue weighted by atomic mass is 10.2. The highest BCUT2D eigenvalue weighted by Gasteiger charge is 2.08. The van der Waals surface area contributed by atoms with Gasteiger partial charge in [-0.05, 0) is 28.1 Å². The first-order valence-electron chi connectivity index (χ1n) is 3.62. The summed E-state index contributed by atoms with van der Waals surface area (Å²) >= 11 is 9.03. The quantitative estimate of drug-likeness (QED) is 0.775. The maximum Gasteiger partial charge on any atom is 0.317 e. The van der Waals surface area contributed by atoms with Gasteiger partial charge in [-0.25, -0.2) is 0 Å². The molecule has 0 amide bonds. The Morgan fingerprint density at radius 1 is 1.21 bits per heavy atom. The molecule has 14 heavy (non-hydrogen) atoms. The number of benzene rings is 1. The van der Waals surface area contributed by atoms with Crippen molar-refractivity contribution >= 4 is 38.4 Å². The normalized spacial score (nSPS) is 10.7. The van der Waals surface area contributed by atoms with Gasteiger partial charge in [-0.2, -0.15) is 9.97 Å². The number of aromatic nitrogens is 2. The summed E-state index contributed by atoms with van der Waals surface area (Å²) in [5, 5.41) is 19.3. The van der Waals surface area contributed by atoms with Crippen LogP contribution in [0.2, 0.25) is 5.02 Å². The van der Waals surface area contributed by atoms with Crippen molar-refractivity contribution in [2.75, 3.05) is 0 Å². The van der Waals surface area contributed by atoms with Gasteiger partial charge >= 0.3 is 6.01 Å². The molecule has 0 atom stereocenters. The molecular formula is C8H4BrClN2O2. The summed E-state index contributed by atoms with van der Waals surface area (Å²) in [4.78, 5) is 7.13. The van der Waals surface area contributed by atoms with Crippen molar-refractivity contribution in [3.05, 3.63) is 21.6 Å². The third-order valence-corrected chi connectivity index (χ3v) is 2.90. The fourth-order valence-electron chi connectivity index (χ4n) is 1.10. The van der Waals surface area contributed by atoms with Crippen molar-refractivity contribution in [1.29, 1.82) is 0 Å². The Morgan fingerprint density at radius 2 is 1.93 bits per heavy atom. The summed E-state index contributed by atoms with van der Waals surface area (Å²) in [5.74, 6) is -0.273. The molecule has 72 valence electrons. The molecule has 0 aliphatic carbocycles. The SMILES string of the molecule is Oc1nc(O)c2cc(Br)c(Cl)cc2n1. The van der Waals surface area contributed by atoms with E-state index in [2.05, 4.69) is 25.9 Å². The van der Waals surface area contributed by atoms with E-state index in [4.69, 9.17) is 16.7 Å². The van der Waals surface area contributed by atoms with Crippen LogP contribution in [0.1, 0.15) is 0 Å². The minimum absolute atomic E-state index is 0.273. The van der Waals surface area contributed by atoms with Gasteiger partial charge in [0.2, 0.25) is 5.88 Å². The van der Waals surface area contributed by atoms with Crippen LogP contribution in [0.3, 0.4) is 0 Å². The van der Waals surface area contributed by atoms with Crippen LogP contribution in [0.25, 0.3) is 10.9 Å². The fraction of sp³-hybridized carbons (Fsp3) is 0. The molecule has 4 nitrogen and oxygen atoms in total. The number of rotatable bonds is 0. The molecule has 0 unspecified atom stereocenters. The zero-order chi connectivity index (χ0) is 10.3. The molecule has 1 heterocycles. The molecule has 2 aromatic rings. The van der Waals surface area contributed by atoms with Crippen molar-refractivity contribution < 1.29 is 10.2 Å². The maximum atomic E-state index is 9.39. The van der Waals surface area contributed by atoms with Crippen LogP contribution in [-0.4, -0.2) is 20.2 Å². The Balaban J connectivity index is 2.89. The first-order valence-corrected chi connectivity index (χ1v) is 4.80. The van der Waals surface area contributed by atoms with Crippen LogP contribution in [0.5, 0.6) is 11.9 Å². The third kappa shape index (κ3) is 1.49. The van der Waals surface area contributed by atoms with Crippen LogP contribution < -0.4 is 0 Å². The Kier molecular flexibility index (Phi) is 2.20. The largest absolute Gasteiger partial charge is 0.493 e. The first kappa shape index (κ1) is 9.48. The Hall–Kier alpha value is -1.07. The van der Waals surface area contributed by atoms with Gasteiger partial charge < -0.3 is 10.2 Å². The fourth-order valence-corrected chi connectivity index (χ4v) is 1.60. The van der Waals surface area contributed by atoms with Gasteiger partial charge in [0.15, 0.2) is 0 Å². The molecule has 1 aromatic heterocycles. The average Bonchev–Trinajstić information content (AvgIpc) is 2.08. The summed E-state index contributed by atoms with van der Waals surface area (Å²) in [5.41, 5.74) is 0.392. The number of nitrogens with zero attached hydrogens (tertiary/aromatic N) is 2. The second-order valence-electron chi connectivity index (χ2n) is 2.63. The van der Waals surface area contributed by atoms with Crippen molar-refractivity contribution in [1.82, 2.24) is 9.97 Å². The molecule has 2 rings (SSSR count). The second kappa shape index (κ2) is 3.25. The lowest BCUT2D eigenvalue weighted by molar-refractivity contribution is 0.403. The third-order valence-electron chi connectivity index (χ3n) is 1.71. The summed E-state index contributed by atoms with van der Waals surface area (Å²) in [6, 6.07) is 2.64. The van der Waals surface area contributed by atoms with E-state index in [-0.39, 0.29) is 5.88 Å². The van der Waals surface area contributed by atoms with Crippen LogP contribution in [0, 0.1) is 0 Å². The van der Waals surface area contributed by atoms with Crippen LogP contribution >= 0.6 is 27.5 Å². The van der Waals surface area contributed by atoms with Gasteiger partial charge in [-0.3, -0.25) is 0 Å². The van der Waals surface area contributed by atoms with Gasteiger partial charge in [0.1, 0.15) is 0 Å². The Morgan fingerprint density at radius 3 is 2.64 bits per heavy atom. The summed E-state index contributed by atoms with van der Waals surface area (Å²) in [6.45, 7) is 0. The summed E-state index contributed by atoms with van der Waals surface area (Å²) in [7, 11) is 0. The number of hydrogen-bond acceptors (Lipinski definition) is 4. The molecule has 0 bridgehead atoms. The van der Waals surface area contributed by atoms with Crippen molar-refractivity contribution in [3.8, 4) is 11.9 Å². The standard InChI is InChI=1S/C8H4BrClN2O2/c9-4-1-3-6(2-5(4)10)11-8(14)12-7(3)13/h1-2H,(H2,11,12,13,14). The summed E-state index contributed by atoms with van der Waals surface area (Å²) in [6.07, 6.45) is 0. The Bertz CT molecular complexity index is 518. The van der Waals surface area contributed by atoms with Crippen LogP contribution in [0.15, 0.2) is 16.6 Å². The van der Waals surface area contributed by atoms with E-state index in [0.717, 1.165) is 0 Å². The number of aromatic hydroxyl groups is 2. The van der Waals surface area contributed by atoms with Crippen LogP contribution in [-0.2, 0) is 0 Å². The smallest absolute Gasteiger partial charge is 0.317 e. The predicted molar refractivity (Wildman–Crippen MR) is 55.6 cm³/mol. The highest BCUT2D eigenvalue weighted by molar-refractivity contribution is 9.10. The van der Waals surface area contributed by atoms with Gasteiger partial charge in [0.25, 0.3) is 0 Å². The van der Waals surface area contributed by atoms with Gasteiger partial charge in [0.05, 0.1) is 15.9 Å². The monoisotopic (exact) mass is 274 g/mol. The van der Waals surface area contributed by atoms with Gasteiger partial charge in [-0.1, -0.05) is 11.6 Å². The maximum absolute atomic E-state index is 9.39. The Labute approximate surface area is 92.3 Å². The van der Waals surface area contributed by atoms with Crippen molar-refractivity contribution in [3.63, 3.8) is 0 Å². The first-order chi connectivity index (χ1) is 6.58. The number of hydrogen-bond donors (Lipinski definition) is 2. The van der Waals surface area contributed by atoms with Gasteiger partial charge in [-0.15, -0.1) is 0 Å². The van der Waals surface area contributed by atoms with Gasteiger partial charge in [0, 0.05) is 4.47 Å². The van der Waals surface area contributed by atoms with Crippen LogP contribution in [0.4, 0.5) is 0 Å². The number of fused-ring (bicyclic) bond motifs is 1. The van der Waals surface area contributed by atoms with E-state index >= 15 is 0 Å². The summed E-state index contributed by atoms with van der Waals surface area (Å²) < 4.78 is 0.635. The number of halogens is 2. The average molecular weight is 275 g/mol. The molecule has 1 aromatic carbocycles. The van der Waals surface area contributed by atoms with E-state index in [1.807, 2.05) is 0 Å². The molecule has 0 aliphatic heterocycles.